The van der Waals surface area contributed by atoms with E-state index in [1.807, 2.05) is 12.1 Å². The first-order valence-electron chi connectivity index (χ1n) is 30.6. The summed E-state index contributed by atoms with van der Waals surface area (Å²) in [6, 6.07) is 22.4. The van der Waals surface area contributed by atoms with Gasteiger partial charge in [-0.3, -0.25) is 9.59 Å². The van der Waals surface area contributed by atoms with Crippen LogP contribution in [-0.4, -0.2) is 122 Å². The van der Waals surface area contributed by atoms with Crippen LogP contribution in [0.5, 0.6) is 11.5 Å². The van der Waals surface area contributed by atoms with Crippen LogP contribution in [0, 0.1) is 23.7 Å². The maximum Gasteiger partial charge on any atom is 0.264 e. The molecule has 2 fully saturated rings. The smallest absolute Gasteiger partial charge is 0.264 e. The molecule has 12 rings (SSSR count). The molecule has 86 heavy (non-hydrogen) atoms. The van der Waals surface area contributed by atoms with E-state index >= 15 is 0 Å². The molecule has 16 nitrogen and oxygen atoms in total. The number of ether oxygens (including phenoxy) is 2. The number of nitrogens with zero attached hydrogens (tertiary/aromatic N) is 2. The van der Waals surface area contributed by atoms with Gasteiger partial charge >= 0.3 is 0 Å². The number of carbonyl (C=O) groups is 2. The summed E-state index contributed by atoms with van der Waals surface area (Å²) in [6.07, 6.45) is 16.3. The Morgan fingerprint density at radius 2 is 0.977 bits per heavy atom. The number of halogens is 2. The average Bonchev–Trinajstić information content (AvgIpc) is 1.96. The van der Waals surface area contributed by atoms with Crippen molar-refractivity contribution in [3.63, 3.8) is 0 Å². The minimum absolute atomic E-state index is 0.0745. The normalized spacial score (nSPS) is 31.5. The number of carbonyl (C=O) groups excluding carboxylic acids is 2. The molecular weight excluding hydrogens is 1180 g/mol. The number of aryl methyl sites for hydroxylation is 2. The number of benzene rings is 4. The Morgan fingerprint density at radius 3 is 1.35 bits per heavy atom. The maximum absolute atomic E-state index is 13.4. The van der Waals surface area contributed by atoms with Crippen molar-refractivity contribution in [3.8, 4) is 11.5 Å². The molecular formula is C66H82Cl2N4O12S2. The van der Waals surface area contributed by atoms with E-state index in [4.69, 9.17) is 32.7 Å². The van der Waals surface area contributed by atoms with Crippen LogP contribution in [0.15, 0.2) is 97.1 Å². The topological polar surface area (TPSA) is 232 Å². The third-order valence-corrected chi connectivity index (χ3v) is 24.5. The zero-order valence-corrected chi connectivity index (χ0v) is 52.7. The molecule has 4 aliphatic heterocycles. The number of anilines is 2. The van der Waals surface area contributed by atoms with Crippen LogP contribution in [0.1, 0.15) is 148 Å². The van der Waals surface area contributed by atoms with Crippen molar-refractivity contribution >= 4 is 66.4 Å². The SMILES string of the molecule is CC(C)(O)[C@@H]1CC/C=C/[C@H](O)[C@@H]2CC[C@H]2CN2C[C@@]3(CCCc4cc(Cl)ccc43)COc3ccc(cc32)C(=O)NS1(=O)=O.CC(C)(O)[C@H]1CC/C=C/[C@H](O)[C@@H]2CC[C@H]2CN2C[C@@]3(CCCc4cc(Cl)ccc43)COc3ccc(cc32)C(=O)NS1(=O)=O. The van der Waals surface area contributed by atoms with E-state index in [-0.39, 0.29) is 58.5 Å². The van der Waals surface area contributed by atoms with Gasteiger partial charge in [-0.2, -0.15) is 0 Å². The summed E-state index contributed by atoms with van der Waals surface area (Å²) in [5.41, 5.74) is 3.07. The summed E-state index contributed by atoms with van der Waals surface area (Å²) >= 11 is 12.8. The first-order chi connectivity index (χ1) is 40.7. The molecule has 464 valence electrons. The van der Waals surface area contributed by atoms with Crippen molar-refractivity contribution in [2.75, 3.05) is 49.2 Å². The summed E-state index contributed by atoms with van der Waals surface area (Å²) in [7, 11) is -8.46. The summed E-state index contributed by atoms with van der Waals surface area (Å²) in [5, 5.41) is 42.7. The summed E-state index contributed by atoms with van der Waals surface area (Å²) in [4.78, 5) is 31.5. The van der Waals surface area contributed by atoms with Gasteiger partial charge < -0.3 is 39.7 Å². The average molecular weight is 1260 g/mol. The van der Waals surface area contributed by atoms with Crippen LogP contribution < -0.4 is 28.7 Å². The highest BCUT2D eigenvalue weighted by Crippen LogP contribution is 2.49. The van der Waals surface area contributed by atoms with Gasteiger partial charge in [-0.15, -0.1) is 0 Å². The van der Waals surface area contributed by atoms with Crippen molar-refractivity contribution in [3.05, 3.63) is 141 Å². The predicted octanol–water partition coefficient (Wildman–Crippen LogP) is 9.50. The molecule has 4 heterocycles. The van der Waals surface area contributed by atoms with Crippen LogP contribution in [0.2, 0.25) is 10.0 Å². The van der Waals surface area contributed by atoms with E-state index in [2.05, 4.69) is 43.5 Å². The fourth-order valence-corrected chi connectivity index (χ4v) is 19.0. The lowest BCUT2D eigenvalue weighted by Crippen LogP contribution is -2.50. The highest BCUT2D eigenvalue weighted by Gasteiger charge is 2.48. The monoisotopic (exact) mass is 1260 g/mol. The van der Waals surface area contributed by atoms with Crippen LogP contribution in [0.25, 0.3) is 0 Å². The van der Waals surface area contributed by atoms with Gasteiger partial charge in [-0.1, -0.05) is 59.6 Å². The van der Waals surface area contributed by atoms with E-state index < -0.39 is 65.8 Å². The molecule has 4 bridgehead atoms. The van der Waals surface area contributed by atoms with Crippen LogP contribution >= 0.6 is 23.2 Å². The number of amides is 2. The quantitative estimate of drug-likeness (QED) is 0.103. The Bertz CT molecular complexity index is 3300. The number of fused-ring (bicyclic) bond motifs is 8. The van der Waals surface area contributed by atoms with Gasteiger partial charge in [0.15, 0.2) is 0 Å². The first-order valence-corrected chi connectivity index (χ1v) is 34.4. The molecule has 0 unspecified atom stereocenters. The second kappa shape index (κ2) is 24.3. The van der Waals surface area contributed by atoms with Gasteiger partial charge in [-0.05, 0) is 224 Å². The third-order valence-electron chi connectivity index (χ3n) is 20.0. The molecule has 2 saturated carbocycles. The lowest BCUT2D eigenvalue weighted by Gasteiger charge is -2.45. The molecule has 4 aliphatic carbocycles. The minimum Gasteiger partial charge on any atom is -0.490 e. The van der Waals surface area contributed by atoms with Crippen LogP contribution in [0.3, 0.4) is 0 Å². The zero-order valence-electron chi connectivity index (χ0n) is 49.5. The van der Waals surface area contributed by atoms with Crippen molar-refractivity contribution in [1.82, 2.24) is 9.44 Å². The van der Waals surface area contributed by atoms with E-state index in [9.17, 15) is 46.9 Å². The Hall–Kier alpha value is -5.18. The number of allylic oxidation sites excluding steroid dienone is 2. The fraction of sp³-hybridized carbons (Fsp3) is 0.545. The minimum atomic E-state index is -4.23. The molecule has 8 aliphatic rings. The highest BCUT2D eigenvalue weighted by atomic mass is 35.5. The Labute approximate surface area is 516 Å². The first kappa shape index (κ1) is 62.4. The fourth-order valence-electron chi connectivity index (χ4n) is 15.2. The second-order valence-corrected chi connectivity index (χ2v) is 31.4. The van der Waals surface area contributed by atoms with Gasteiger partial charge in [0.1, 0.15) is 22.0 Å². The Kier molecular flexibility index (Phi) is 17.6. The van der Waals surface area contributed by atoms with E-state index in [0.29, 0.717) is 63.7 Å². The third kappa shape index (κ3) is 12.8. The van der Waals surface area contributed by atoms with Gasteiger partial charge in [0, 0.05) is 58.2 Å². The number of hydrogen-bond acceptors (Lipinski definition) is 14. The lowest BCUT2D eigenvalue weighted by molar-refractivity contribution is 0.0453. The molecule has 0 aromatic heterocycles. The van der Waals surface area contributed by atoms with Crippen LogP contribution in [0.4, 0.5) is 11.4 Å². The molecule has 6 N–H and O–H groups in total. The molecule has 0 saturated heterocycles. The number of aliphatic hydroxyl groups excluding tert-OH is 2. The molecule has 2 spiro atoms. The molecule has 2 amide bonds. The zero-order chi connectivity index (χ0) is 61.1. The van der Waals surface area contributed by atoms with E-state index in [1.165, 1.54) is 49.9 Å². The number of hydrogen-bond donors (Lipinski definition) is 6. The van der Waals surface area contributed by atoms with Crippen molar-refractivity contribution in [2.24, 2.45) is 23.7 Å². The van der Waals surface area contributed by atoms with Gasteiger partial charge in [0.05, 0.1) is 48.0 Å². The summed E-state index contributed by atoms with van der Waals surface area (Å²) in [6.45, 7) is 9.35. The molecule has 4 aromatic carbocycles. The lowest BCUT2D eigenvalue weighted by atomic mass is 9.68. The largest absolute Gasteiger partial charge is 0.490 e. The summed E-state index contributed by atoms with van der Waals surface area (Å²) in [5.74, 6) is 0.433. The van der Waals surface area contributed by atoms with Crippen LogP contribution in [-0.2, 0) is 43.7 Å². The number of sulfonamides is 2. The van der Waals surface area contributed by atoms with E-state index in [0.717, 1.165) is 85.6 Å². The molecule has 4 aromatic rings. The highest BCUT2D eigenvalue weighted by molar-refractivity contribution is 7.91. The predicted molar refractivity (Wildman–Crippen MR) is 335 cm³/mol. The number of aliphatic hydroxyl groups is 4. The summed E-state index contributed by atoms with van der Waals surface area (Å²) < 4.78 is 71.1. The molecule has 20 heteroatoms. The maximum atomic E-state index is 13.4. The number of nitrogens with one attached hydrogen (secondary N) is 2. The Morgan fingerprint density at radius 1 is 0.570 bits per heavy atom. The van der Waals surface area contributed by atoms with Crippen molar-refractivity contribution < 1.29 is 56.3 Å². The van der Waals surface area contributed by atoms with E-state index in [1.54, 1.807) is 60.7 Å². The number of rotatable bonds is 2. The molecule has 10 atom stereocenters. The Balaban J connectivity index is 0.000000179. The van der Waals surface area contributed by atoms with Gasteiger partial charge in [0.2, 0.25) is 20.0 Å². The standard InChI is InChI=1S/2C33H41ClN2O6S/c2*1-32(2,39)30-8-4-3-7-28(37)25-12-9-23(25)18-36-19-33(15-5-6-21-16-24(34)11-13-26(21)33)20-42-29-14-10-22(17-27(29)36)31(38)35-43(30,40)41/h2*3,7,10-11,13-14,16-17,23,25,28,30,37,39H,4-6,8-9,12,15,18-20H2,1-2H3,(H,35,38)/b2*7-3+/t23-,25+,28-,30+,33-;23-,25+,28-,30-,33-/m00/s1. The van der Waals surface area contributed by atoms with Gasteiger partial charge in [-0.25, -0.2) is 26.3 Å². The van der Waals surface area contributed by atoms with Crippen molar-refractivity contribution in [1.29, 1.82) is 0 Å². The second-order valence-electron chi connectivity index (χ2n) is 26.8. The van der Waals surface area contributed by atoms with Crippen molar-refractivity contribution in [2.45, 2.75) is 162 Å². The molecule has 0 radical (unpaired) electrons. The van der Waals surface area contributed by atoms with Gasteiger partial charge in [0.25, 0.3) is 11.8 Å².